The molecule has 5 nitrogen and oxygen atoms in total. The van der Waals surface area contributed by atoms with Gasteiger partial charge in [-0.25, -0.2) is 0 Å². The van der Waals surface area contributed by atoms with E-state index < -0.39 is 5.60 Å². The molecule has 152 valence electrons. The molecular formula is C25H24N2O3. The number of carbonyl (C=O) groups excluding carboxylic acids is 2. The maximum atomic E-state index is 13.1. The number of rotatable bonds is 2. The molecule has 3 heterocycles. The van der Waals surface area contributed by atoms with E-state index in [1.54, 1.807) is 0 Å². The maximum Gasteiger partial charge on any atom is 0.222 e. The van der Waals surface area contributed by atoms with Crippen molar-refractivity contribution in [3.05, 3.63) is 60.3 Å². The van der Waals surface area contributed by atoms with Gasteiger partial charge in [0.2, 0.25) is 5.91 Å². The Kier molecular flexibility index (Phi) is 4.54. The first-order valence-electron chi connectivity index (χ1n) is 10.6. The van der Waals surface area contributed by atoms with Crippen LogP contribution in [0.25, 0.3) is 22.0 Å². The Bertz CT molecular complexity index is 1150. The minimum atomic E-state index is -0.485. The summed E-state index contributed by atoms with van der Waals surface area (Å²) >= 11 is 0. The Hall–Kier alpha value is -3.21. The van der Waals surface area contributed by atoms with Gasteiger partial charge in [-0.1, -0.05) is 31.2 Å². The lowest BCUT2D eigenvalue weighted by Crippen LogP contribution is -2.52. The molecule has 1 spiro atoms. The van der Waals surface area contributed by atoms with Crippen LogP contribution in [0.2, 0.25) is 0 Å². The van der Waals surface area contributed by atoms with Crippen LogP contribution in [-0.4, -0.2) is 40.3 Å². The maximum absolute atomic E-state index is 13.1. The van der Waals surface area contributed by atoms with Gasteiger partial charge >= 0.3 is 0 Å². The molecule has 0 radical (unpaired) electrons. The van der Waals surface area contributed by atoms with Crippen LogP contribution in [0.5, 0.6) is 5.75 Å². The zero-order valence-corrected chi connectivity index (χ0v) is 17.1. The highest BCUT2D eigenvalue weighted by molar-refractivity contribution is 6.01. The van der Waals surface area contributed by atoms with Crippen LogP contribution >= 0.6 is 0 Å². The second kappa shape index (κ2) is 7.24. The fourth-order valence-corrected chi connectivity index (χ4v) is 4.57. The number of carbonyl (C=O) groups is 2. The van der Waals surface area contributed by atoms with E-state index in [0.29, 0.717) is 50.1 Å². The molecule has 5 rings (SSSR count). The first-order valence-corrected chi connectivity index (χ1v) is 10.6. The largest absolute Gasteiger partial charge is 0.486 e. The van der Waals surface area contributed by atoms with Gasteiger partial charge in [0, 0.05) is 49.5 Å². The molecule has 0 saturated carbocycles. The Morgan fingerprint density at radius 3 is 2.70 bits per heavy atom. The average Bonchev–Trinajstić information content (AvgIpc) is 2.78. The number of Topliss-reactive ketones (excluding diaryl/α,β-unsaturated/α-hetero) is 1. The minimum Gasteiger partial charge on any atom is -0.486 e. The molecule has 1 saturated heterocycles. The topological polar surface area (TPSA) is 59.5 Å². The minimum absolute atomic E-state index is 0.113. The molecule has 2 aliphatic rings. The number of hydrogen-bond donors (Lipinski definition) is 0. The summed E-state index contributed by atoms with van der Waals surface area (Å²) < 4.78 is 6.38. The van der Waals surface area contributed by atoms with Crippen LogP contribution in [0.4, 0.5) is 0 Å². The number of amides is 1. The van der Waals surface area contributed by atoms with Crippen LogP contribution in [0.3, 0.4) is 0 Å². The predicted molar refractivity (Wildman–Crippen MR) is 116 cm³/mol. The van der Waals surface area contributed by atoms with Gasteiger partial charge in [-0.3, -0.25) is 14.6 Å². The second-order valence-corrected chi connectivity index (χ2v) is 8.25. The highest BCUT2D eigenvalue weighted by Crippen LogP contribution is 2.41. The summed E-state index contributed by atoms with van der Waals surface area (Å²) in [7, 11) is 0. The molecular weight excluding hydrogens is 376 g/mol. The standard InChI is InChI=1S/C25H24N2O3/c1-2-24(29)27-11-9-25(10-12-27)15-22(28)20-14-17(7-8-23(20)30-25)19-13-18-5-3-4-6-21(18)26-16-19/h3-8,13-14,16H,2,9-12,15H2,1H3. The SMILES string of the molecule is CCC(=O)N1CCC2(CC1)CC(=O)c1cc(-c3cnc4ccccc4c3)ccc1O2. The molecule has 2 aliphatic heterocycles. The molecule has 2 aromatic carbocycles. The normalized spacial score (nSPS) is 17.6. The number of piperidine rings is 1. The molecule has 0 atom stereocenters. The van der Waals surface area contributed by atoms with Crippen LogP contribution < -0.4 is 4.74 Å². The van der Waals surface area contributed by atoms with E-state index >= 15 is 0 Å². The number of para-hydroxylation sites is 1. The van der Waals surface area contributed by atoms with E-state index in [0.717, 1.165) is 22.0 Å². The lowest BCUT2D eigenvalue weighted by atomic mass is 9.82. The summed E-state index contributed by atoms with van der Waals surface area (Å²) in [5, 5.41) is 1.07. The number of hydrogen-bond acceptors (Lipinski definition) is 4. The third-order valence-corrected chi connectivity index (χ3v) is 6.34. The first kappa shape index (κ1) is 18.8. The quantitative estimate of drug-likeness (QED) is 0.629. The number of nitrogens with zero attached hydrogens (tertiary/aromatic N) is 2. The van der Waals surface area contributed by atoms with Crippen molar-refractivity contribution < 1.29 is 14.3 Å². The highest BCUT2D eigenvalue weighted by Gasteiger charge is 2.43. The van der Waals surface area contributed by atoms with E-state index in [2.05, 4.69) is 11.1 Å². The van der Waals surface area contributed by atoms with E-state index in [9.17, 15) is 9.59 Å². The Morgan fingerprint density at radius 1 is 1.10 bits per heavy atom. The fraction of sp³-hybridized carbons (Fsp3) is 0.320. The van der Waals surface area contributed by atoms with Crippen LogP contribution in [0.1, 0.15) is 43.0 Å². The van der Waals surface area contributed by atoms with Gasteiger partial charge in [0.05, 0.1) is 17.5 Å². The van der Waals surface area contributed by atoms with Gasteiger partial charge < -0.3 is 9.64 Å². The molecule has 30 heavy (non-hydrogen) atoms. The summed E-state index contributed by atoms with van der Waals surface area (Å²) in [5.74, 6) is 0.933. The summed E-state index contributed by atoms with van der Waals surface area (Å²) in [6, 6.07) is 15.9. The number of fused-ring (bicyclic) bond motifs is 2. The van der Waals surface area contributed by atoms with Gasteiger partial charge in [-0.05, 0) is 29.8 Å². The molecule has 1 amide bonds. The molecule has 0 N–H and O–H groups in total. The van der Waals surface area contributed by atoms with Crippen molar-refractivity contribution in [3.8, 4) is 16.9 Å². The van der Waals surface area contributed by atoms with Crippen molar-refractivity contribution in [3.63, 3.8) is 0 Å². The Balaban J connectivity index is 1.41. The third kappa shape index (κ3) is 3.24. The van der Waals surface area contributed by atoms with Crippen LogP contribution in [0, 0.1) is 0 Å². The number of likely N-dealkylation sites (tertiary alicyclic amines) is 1. The summed E-state index contributed by atoms with van der Waals surface area (Å²) in [6.45, 7) is 3.18. The smallest absolute Gasteiger partial charge is 0.222 e. The van der Waals surface area contributed by atoms with Crippen molar-refractivity contribution in [2.75, 3.05) is 13.1 Å². The number of pyridine rings is 1. The predicted octanol–water partition coefficient (Wildman–Crippen LogP) is 4.64. The lowest BCUT2D eigenvalue weighted by Gasteiger charge is -2.44. The molecule has 0 bridgehead atoms. The number of ketones is 1. The first-order chi connectivity index (χ1) is 14.6. The molecule has 0 aliphatic carbocycles. The second-order valence-electron chi connectivity index (χ2n) is 8.25. The molecule has 5 heteroatoms. The lowest BCUT2D eigenvalue weighted by molar-refractivity contribution is -0.134. The van der Waals surface area contributed by atoms with Crippen molar-refractivity contribution in [2.45, 2.75) is 38.2 Å². The van der Waals surface area contributed by atoms with E-state index in [1.807, 2.05) is 60.5 Å². The van der Waals surface area contributed by atoms with Crippen molar-refractivity contribution in [1.82, 2.24) is 9.88 Å². The van der Waals surface area contributed by atoms with E-state index in [1.165, 1.54) is 0 Å². The van der Waals surface area contributed by atoms with Crippen molar-refractivity contribution >= 4 is 22.6 Å². The molecule has 0 unspecified atom stereocenters. The van der Waals surface area contributed by atoms with E-state index in [4.69, 9.17) is 4.74 Å². The van der Waals surface area contributed by atoms with Crippen molar-refractivity contribution in [2.24, 2.45) is 0 Å². The monoisotopic (exact) mass is 400 g/mol. The zero-order valence-electron chi connectivity index (χ0n) is 17.1. The van der Waals surface area contributed by atoms with Gasteiger partial charge in [0.1, 0.15) is 11.4 Å². The third-order valence-electron chi connectivity index (χ3n) is 6.34. The molecule has 3 aromatic rings. The molecule has 1 aromatic heterocycles. The Labute approximate surface area is 175 Å². The van der Waals surface area contributed by atoms with Crippen molar-refractivity contribution in [1.29, 1.82) is 0 Å². The fourth-order valence-electron chi connectivity index (χ4n) is 4.57. The van der Waals surface area contributed by atoms with Gasteiger partial charge in [-0.15, -0.1) is 0 Å². The number of aromatic nitrogens is 1. The number of ether oxygens (including phenoxy) is 1. The summed E-state index contributed by atoms with van der Waals surface area (Å²) in [4.78, 5) is 31.4. The van der Waals surface area contributed by atoms with Gasteiger partial charge in [-0.2, -0.15) is 0 Å². The highest BCUT2D eigenvalue weighted by atomic mass is 16.5. The average molecular weight is 400 g/mol. The zero-order chi connectivity index (χ0) is 20.7. The molecule has 1 fully saturated rings. The summed E-state index contributed by atoms with van der Waals surface area (Å²) in [5.41, 5.74) is 3.05. The number of benzene rings is 2. The Morgan fingerprint density at radius 2 is 1.90 bits per heavy atom. The van der Waals surface area contributed by atoms with Crippen LogP contribution in [0.15, 0.2) is 54.7 Å². The summed E-state index contributed by atoms with van der Waals surface area (Å²) in [6.07, 6.45) is 4.12. The van der Waals surface area contributed by atoms with Crippen LogP contribution in [-0.2, 0) is 4.79 Å². The van der Waals surface area contributed by atoms with E-state index in [-0.39, 0.29) is 11.7 Å². The van der Waals surface area contributed by atoms with Gasteiger partial charge in [0.25, 0.3) is 0 Å². The van der Waals surface area contributed by atoms with Gasteiger partial charge in [0.15, 0.2) is 5.78 Å².